The Morgan fingerprint density at radius 2 is 0.792 bits per heavy atom. The topological polar surface area (TPSA) is 65.1 Å². The normalized spacial score (nSPS) is 30.6. The summed E-state index contributed by atoms with van der Waals surface area (Å²) in [4.78, 5) is 0. The van der Waals surface area contributed by atoms with Crippen LogP contribution in [0.1, 0.15) is 130 Å². The highest BCUT2D eigenvalue weighted by Crippen LogP contribution is 2.41. The van der Waals surface area contributed by atoms with Crippen molar-refractivity contribution in [2.75, 3.05) is 81.9 Å². The highest BCUT2D eigenvalue weighted by Gasteiger charge is 2.50. The van der Waals surface area contributed by atoms with E-state index in [9.17, 15) is 0 Å². The molecule has 0 N–H and O–H groups in total. The summed E-state index contributed by atoms with van der Waals surface area (Å²) in [5, 5.41) is 0. The van der Waals surface area contributed by atoms with Gasteiger partial charge in [-0.3, -0.25) is 13.7 Å². The largest absolute Gasteiger partial charge is 0.429 e. The first-order valence-corrected chi connectivity index (χ1v) is 28.0. The van der Waals surface area contributed by atoms with E-state index in [4.69, 9.17) is 26.6 Å². The van der Waals surface area contributed by atoms with Crippen molar-refractivity contribution in [2.24, 2.45) is 35.5 Å². The molecular weight excluding hydrogens is 715 g/mol. The first-order valence-electron chi connectivity index (χ1n) is 22.2. The average Bonchev–Trinajstić information content (AvgIpc) is 3.21. The molecule has 0 aromatic rings. The Labute approximate surface area is 330 Å². The average molecular weight is 800 g/mol. The zero-order chi connectivity index (χ0) is 38.5. The summed E-state index contributed by atoms with van der Waals surface area (Å²) in [5.41, 5.74) is 0.479. The number of hydrogen-bond acceptors (Lipinski definition) is 9. The van der Waals surface area contributed by atoms with Crippen molar-refractivity contribution >= 4 is 26.2 Å². The monoisotopic (exact) mass is 800 g/mol. The number of fused-ring (bicyclic) bond motifs is 3. The van der Waals surface area contributed by atoms with E-state index < -0.39 is 26.2 Å². The van der Waals surface area contributed by atoms with E-state index in [0.29, 0.717) is 5.54 Å². The van der Waals surface area contributed by atoms with Gasteiger partial charge >= 0.3 is 26.2 Å². The van der Waals surface area contributed by atoms with Gasteiger partial charge in [-0.1, -0.05) is 91.9 Å². The third kappa shape index (κ3) is 11.1. The highest BCUT2D eigenvalue weighted by molar-refractivity contribution is 6.66. The molecule has 12 heteroatoms. The standard InChI is InChI=1S/2C14H29NO2Si.C13H27NO2Si/c1-12(2)18(16-3,17-4)15-10-9-13-7-5-6-8-14(13)11-15;1-4-11-18(16-2,17-3)15-10-9-13-7-5-6-8-14(13)12-15;1-4-17(15-2,16-3)14-10-9-12-7-5-6-8-13(12)11-14/h12-14H,5-11H2,1-4H3;13-14H,4-12H2,1-3H3;12-13H,4-11H2,1-3H3. The van der Waals surface area contributed by atoms with Crippen LogP contribution in [-0.2, 0) is 26.6 Å². The van der Waals surface area contributed by atoms with Crippen LogP contribution < -0.4 is 0 Å². The van der Waals surface area contributed by atoms with E-state index in [-0.39, 0.29) is 0 Å². The second-order valence-electron chi connectivity index (χ2n) is 17.7. The van der Waals surface area contributed by atoms with Gasteiger partial charge in [-0.05, 0) is 113 Å². The number of rotatable bonds is 13. The summed E-state index contributed by atoms with van der Waals surface area (Å²) in [6, 6.07) is 2.12. The zero-order valence-electron chi connectivity index (χ0n) is 36.3. The molecule has 6 unspecified atom stereocenters. The lowest BCUT2D eigenvalue weighted by molar-refractivity contribution is 0.0764. The van der Waals surface area contributed by atoms with Crippen molar-refractivity contribution in [2.45, 2.75) is 148 Å². The highest BCUT2D eigenvalue weighted by atomic mass is 28.4. The minimum Gasteiger partial charge on any atom is -0.386 e. The van der Waals surface area contributed by atoms with E-state index in [1.54, 1.807) is 0 Å². The van der Waals surface area contributed by atoms with Crippen LogP contribution in [0.3, 0.4) is 0 Å². The molecular formula is C41H85N3O6Si3. The fourth-order valence-corrected chi connectivity index (χ4v) is 20.8. The molecule has 0 aromatic heterocycles. The Balaban J connectivity index is 0.000000178. The van der Waals surface area contributed by atoms with Crippen LogP contribution in [-0.4, -0.2) is 122 Å². The van der Waals surface area contributed by atoms with Gasteiger partial charge in [-0.15, -0.1) is 0 Å². The molecule has 9 nitrogen and oxygen atoms in total. The molecule has 3 saturated carbocycles. The lowest BCUT2D eigenvalue weighted by atomic mass is 9.76. The van der Waals surface area contributed by atoms with E-state index in [0.717, 1.165) is 54.0 Å². The number of hydrogen-bond donors (Lipinski definition) is 0. The molecule has 0 bridgehead atoms. The van der Waals surface area contributed by atoms with Crippen LogP contribution in [0.2, 0.25) is 17.6 Å². The Bertz CT molecular complexity index is 1010. The predicted molar refractivity (Wildman–Crippen MR) is 225 cm³/mol. The summed E-state index contributed by atoms with van der Waals surface area (Å²) in [7, 11) is 4.71. The minimum absolute atomic E-state index is 0.479. The molecule has 6 fully saturated rings. The van der Waals surface area contributed by atoms with Gasteiger partial charge in [0.2, 0.25) is 0 Å². The lowest BCUT2D eigenvalue weighted by Crippen LogP contribution is -2.63. The maximum atomic E-state index is 5.91. The molecule has 312 valence electrons. The van der Waals surface area contributed by atoms with Crippen LogP contribution in [0.15, 0.2) is 0 Å². The van der Waals surface area contributed by atoms with E-state index in [1.165, 1.54) is 136 Å². The smallest absolute Gasteiger partial charge is 0.386 e. The molecule has 53 heavy (non-hydrogen) atoms. The minimum atomic E-state index is -2.16. The molecule has 0 radical (unpaired) electrons. The van der Waals surface area contributed by atoms with Crippen LogP contribution in [0.25, 0.3) is 0 Å². The summed E-state index contributed by atoms with van der Waals surface area (Å²) in [6.07, 6.45) is 22.5. The van der Waals surface area contributed by atoms with Gasteiger partial charge in [-0.2, -0.15) is 0 Å². The second kappa shape index (κ2) is 22.4. The summed E-state index contributed by atoms with van der Waals surface area (Å²) >= 11 is 0. The molecule has 0 aromatic carbocycles. The van der Waals surface area contributed by atoms with Gasteiger partial charge in [0, 0.05) is 60.3 Å². The molecule has 6 aliphatic rings. The Morgan fingerprint density at radius 1 is 0.453 bits per heavy atom. The molecule has 0 spiro atoms. The van der Waals surface area contributed by atoms with Gasteiger partial charge in [-0.25, -0.2) is 0 Å². The van der Waals surface area contributed by atoms with E-state index in [1.807, 2.05) is 42.7 Å². The van der Waals surface area contributed by atoms with Crippen molar-refractivity contribution < 1.29 is 26.6 Å². The van der Waals surface area contributed by atoms with Gasteiger partial charge in [0.25, 0.3) is 0 Å². The zero-order valence-corrected chi connectivity index (χ0v) is 39.3. The predicted octanol–water partition coefficient (Wildman–Crippen LogP) is 9.03. The van der Waals surface area contributed by atoms with Crippen LogP contribution in [0.4, 0.5) is 0 Å². The lowest BCUT2D eigenvalue weighted by Gasteiger charge is -2.48. The Hall–Kier alpha value is 0.291. The van der Waals surface area contributed by atoms with Gasteiger partial charge in [0.1, 0.15) is 0 Å². The van der Waals surface area contributed by atoms with E-state index in [2.05, 4.69) is 41.4 Å². The van der Waals surface area contributed by atoms with Crippen molar-refractivity contribution in [3.05, 3.63) is 0 Å². The third-order valence-electron chi connectivity index (χ3n) is 14.9. The summed E-state index contributed by atoms with van der Waals surface area (Å²) < 4.78 is 42.9. The second-order valence-corrected chi connectivity index (χ2v) is 28.5. The molecule has 0 amide bonds. The Morgan fingerprint density at radius 3 is 1.11 bits per heavy atom. The maximum Gasteiger partial charge on any atom is 0.429 e. The summed E-state index contributed by atoms with van der Waals surface area (Å²) in [5.74, 6) is 5.64. The van der Waals surface area contributed by atoms with Crippen molar-refractivity contribution in [1.82, 2.24) is 13.7 Å². The van der Waals surface area contributed by atoms with Crippen LogP contribution in [0.5, 0.6) is 0 Å². The maximum absolute atomic E-state index is 5.91. The van der Waals surface area contributed by atoms with Gasteiger partial charge in [0.15, 0.2) is 0 Å². The van der Waals surface area contributed by atoms with Crippen LogP contribution in [0, 0.1) is 35.5 Å². The first kappa shape index (κ1) is 46.0. The molecule has 3 aliphatic heterocycles. The molecule has 3 saturated heterocycles. The fourth-order valence-electron chi connectivity index (χ4n) is 11.8. The quantitative estimate of drug-likeness (QED) is 0.170. The number of nitrogens with zero attached hydrogens (tertiary/aromatic N) is 3. The van der Waals surface area contributed by atoms with Crippen molar-refractivity contribution in [1.29, 1.82) is 0 Å². The van der Waals surface area contributed by atoms with Gasteiger partial charge in [0.05, 0.1) is 0 Å². The Kier molecular flexibility index (Phi) is 19.5. The molecule has 6 atom stereocenters. The molecule has 6 rings (SSSR count). The van der Waals surface area contributed by atoms with Crippen molar-refractivity contribution in [3.63, 3.8) is 0 Å². The first-order chi connectivity index (χ1) is 25.6. The molecule has 3 aliphatic carbocycles. The number of piperidine rings is 3. The van der Waals surface area contributed by atoms with Gasteiger partial charge < -0.3 is 26.6 Å². The third-order valence-corrected chi connectivity index (χ3v) is 26.1. The fraction of sp³-hybridized carbons (Fsp3) is 1.00. The summed E-state index contributed by atoms with van der Waals surface area (Å²) in [6.45, 7) is 16.1. The van der Waals surface area contributed by atoms with Crippen LogP contribution >= 0.6 is 0 Å². The van der Waals surface area contributed by atoms with E-state index >= 15 is 0 Å². The SMILES string of the molecule is CCC[Si](OC)(OC)N1CCC2CCCCC2C1.CC[Si](OC)(OC)N1CCC2CCCCC2C1.CO[Si](OC)(C(C)C)N1CCC2CCCCC2C1. The molecule has 3 heterocycles. The van der Waals surface area contributed by atoms with Crippen molar-refractivity contribution in [3.8, 4) is 0 Å².